The van der Waals surface area contributed by atoms with Crippen LogP contribution in [0.1, 0.15) is 51.1 Å². The van der Waals surface area contributed by atoms with Gasteiger partial charge in [-0.3, -0.25) is 9.59 Å². The fourth-order valence-electron chi connectivity index (χ4n) is 4.35. The first-order valence-electron chi connectivity index (χ1n) is 9.99. The van der Waals surface area contributed by atoms with Gasteiger partial charge in [0.2, 0.25) is 0 Å². The summed E-state index contributed by atoms with van der Waals surface area (Å²) in [7, 11) is 0. The minimum absolute atomic E-state index is 0.142. The molecule has 3 aromatic heterocycles. The second kappa shape index (κ2) is 6.73. The maximum absolute atomic E-state index is 13.0. The monoisotopic (exact) mass is 402 g/mol. The third kappa shape index (κ3) is 2.94. The van der Waals surface area contributed by atoms with Crippen molar-refractivity contribution in [2.75, 3.05) is 5.32 Å². The molecule has 0 fully saturated rings. The van der Waals surface area contributed by atoms with Crippen LogP contribution in [-0.4, -0.2) is 20.0 Å². The van der Waals surface area contributed by atoms with Gasteiger partial charge in [0.1, 0.15) is 11.4 Å². The Morgan fingerprint density at radius 1 is 1.17 bits per heavy atom. The molecule has 30 heavy (non-hydrogen) atoms. The number of rotatable bonds is 3. The van der Waals surface area contributed by atoms with E-state index in [0.717, 1.165) is 29.8 Å². The average molecular weight is 402 g/mol. The zero-order valence-electron chi connectivity index (χ0n) is 17.1. The Kier molecular flexibility index (Phi) is 4.13. The average Bonchev–Trinajstić information content (AvgIpc) is 3.38. The SMILES string of the molecule is Cc1cc(C)n2ccc(C(=O)Nc3ccc4c(c3)C(n3oc(C)cc3=O)CC4)c2n1. The molecule has 5 rings (SSSR count). The smallest absolute Gasteiger partial charge is 0.283 e. The lowest BCUT2D eigenvalue weighted by Gasteiger charge is -2.13. The molecular formula is C23H22N4O3. The van der Waals surface area contributed by atoms with Gasteiger partial charge in [-0.25, -0.2) is 4.98 Å². The van der Waals surface area contributed by atoms with Crippen molar-refractivity contribution in [3.05, 3.63) is 86.8 Å². The van der Waals surface area contributed by atoms with Crippen molar-refractivity contribution in [2.45, 2.75) is 39.7 Å². The largest absolute Gasteiger partial charge is 0.381 e. The number of fused-ring (bicyclic) bond motifs is 2. The highest BCUT2D eigenvalue weighted by atomic mass is 16.5. The summed E-state index contributed by atoms with van der Waals surface area (Å²) in [5.41, 5.74) is 5.78. The summed E-state index contributed by atoms with van der Waals surface area (Å²) in [6.45, 7) is 5.67. The van der Waals surface area contributed by atoms with Crippen molar-refractivity contribution in [3.8, 4) is 0 Å². The molecule has 4 aromatic rings. The highest BCUT2D eigenvalue weighted by Gasteiger charge is 2.27. The quantitative estimate of drug-likeness (QED) is 0.565. The highest BCUT2D eigenvalue weighted by Crippen LogP contribution is 2.35. The van der Waals surface area contributed by atoms with E-state index < -0.39 is 0 Å². The van der Waals surface area contributed by atoms with Crippen LogP contribution in [0.3, 0.4) is 0 Å². The molecule has 0 aliphatic heterocycles. The molecule has 3 heterocycles. The molecule has 0 saturated heterocycles. The van der Waals surface area contributed by atoms with E-state index >= 15 is 0 Å². The minimum Gasteiger partial charge on any atom is -0.381 e. The number of amides is 1. The van der Waals surface area contributed by atoms with Gasteiger partial charge in [-0.15, -0.1) is 0 Å². The lowest BCUT2D eigenvalue weighted by atomic mass is 10.1. The lowest BCUT2D eigenvalue weighted by molar-refractivity contribution is 0.102. The van der Waals surface area contributed by atoms with Crippen LogP contribution in [0.25, 0.3) is 5.65 Å². The van der Waals surface area contributed by atoms with Gasteiger partial charge in [-0.2, -0.15) is 4.74 Å². The Balaban J connectivity index is 1.47. The molecule has 1 aliphatic carbocycles. The van der Waals surface area contributed by atoms with Gasteiger partial charge in [0.15, 0.2) is 0 Å². The number of aromatic nitrogens is 3. The first kappa shape index (κ1) is 18.4. The standard InChI is InChI=1S/C23H22N4O3/c1-13-10-14(2)26-9-8-18(22(26)24-13)23(29)25-17-6-4-16-5-7-20(19(16)12-17)27-21(28)11-15(3)30-27/h4,6,8-12,20H,5,7H2,1-3H3,(H,25,29). The van der Waals surface area contributed by atoms with Crippen LogP contribution in [0, 0.1) is 20.8 Å². The van der Waals surface area contributed by atoms with Crippen LogP contribution in [-0.2, 0) is 6.42 Å². The Morgan fingerprint density at radius 2 is 2.00 bits per heavy atom. The fraction of sp³-hybridized carbons (Fsp3) is 0.261. The lowest BCUT2D eigenvalue weighted by Crippen LogP contribution is -2.19. The van der Waals surface area contributed by atoms with Crippen molar-refractivity contribution in [1.29, 1.82) is 0 Å². The molecule has 0 bridgehead atoms. The maximum Gasteiger partial charge on any atom is 0.283 e. The van der Waals surface area contributed by atoms with Crippen molar-refractivity contribution >= 4 is 17.2 Å². The molecule has 152 valence electrons. The minimum atomic E-state index is -0.212. The number of nitrogens with one attached hydrogen (secondary N) is 1. The molecule has 1 N–H and O–H groups in total. The number of carbonyl (C=O) groups excluding carboxylic acids is 1. The Labute approximate surface area is 172 Å². The predicted molar refractivity (Wildman–Crippen MR) is 113 cm³/mol. The van der Waals surface area contributed by atoms with Crippen molar-refractivity contribution in [2.24, 2.45) is 0 Å². The topological polar surface area (TPSA) is 81.5 Å². The molecule has 1 atom stereocenters. The molecule has 1 aliphatic rings. The summed E-state index contributed by atoms with van der Waals surface area (Å²) in [6, 6.07) is 11.0. The number of anilines is 1. The summed E-state index contributed by atoms with van der Waals surface area (Å²) in [6.07, 6.45) is 3.52. The zero-order valence-corrected chi connectivity index (χ0v) is 17.1. The van der Waals surface area contributed by atoms with E-state index in [-0.39, 0.29) is 17.5 Å². The van der Waals surface area contributed by atoms with Gasteiger partial charge in [0.25, 0.3) is 11.5 Å². The number of hydrogen-bond acceptors (Lipinski definition) is 4. The number of carbonyl (C=O) groups is 1. The second-order valence-corrected chi connectivity index (χ2v) is 7.89. The van der Waals surface area contributed by atoms with Gasteiger partial charge in [-0.1, -0.05) is 6.07 Å². The van der Waals surface area contributed by atoms with Crippen molar-refractivity contribution in [1.82, 2.24) is 14.1 Å². The van der Waals surface area contributed by atoms with E-state index in [1.54, 1.807) is 13.0 Å². The number of hydrogen-bond donors (Lipinski definition) is 1. The van der Waals surface area contributed by atoms with E-state index in [1.165, 1.54) is 16.4 Å². The number of nitrogens with zero attached hydrogens (tertiary/aromatic N) is 3. The fourth-order valence-corrected chi connectivity index (χ4v) is 4.35. The third-order valence-electron chi connectivity index (χ3n) is 5.70. The first-order chi connectivity index (χ1) is 14.4. The molecule has 1 unspecified atom stereocenters. The molecule has 0 saturated carbocycles. The van der Waals surface area contributed by atoms with Crippen LogP contribution in [0.2, 0.25) is 0 Å². The van der Waals surface area contributed by atoms with Crippen LogP contribution in [0.5, 0.6) is 0 Å². The molecule has 1 aromatic carbocycles. The summed E-state index contributed by atoms with van der Waals surface area (Å²) in [5, 5.41) is 2.99. The van der Waals surface area contributed by atoms with E-state index in [2.05, 4.69) is 10.3 Å². The molecule has 0 spiro atoms. The zero-order chi connectivity index (χ0) is 21.0. The third-order valence-corrected chi connectivity index (χ3v) is 5.70. The summed E-state index contributed by atoms with van der Waals surface area (Å²) >= 11 is 0. The molecule has 0 radical (unpaired) electrons. The highest BCUT2D eigenvalue weighted by molar-refractivity contribution is 6.08. The Morgan fingerprint density at radius 3 is 2.77 bits per heavy atom. The van der Waals surface area contributed by atoms with Crippen molar-refractivity contribution < 1.29 is 9.32 Å². The second-order valence-electron chi connectivity index (χ2n) is 7.89. The molecule has 7 nitrogen and oxygen atoms in total. The normalized spacial score (nSPS) is 15.5. The summed E-state index contributed by atoms with van der Waals surface area (Å²) in [5.74, 6) is 0.382. The van der Waals surface area contributed by atoms with E-state index in [0.29, 0.717) is 22.7 Å². The summed E-state index contributed by atoms with van der Waals surface area (Å²) in [4.78, 5) is 29.7. The molecule has 1 amide bonds. The number of benzene rings is 1. The van der Waals surface area contributed by atoms with Crippen molar-refractivity contribution in [3.63, 3.8) is 0 Å². The van der Waals surface area contributed by atoms with Gasteiger partial charge in [-0.05, 0) is 69.0 Å². The predicted octanol–water partition coefficient (Wildman–Crippen LogP) is 3.80. The van der Waals surface area contributed by atoms with Gasteiger partial charge in [0, 0.05) is 29.3 Å². The van der Waals surface area contributed by atoms with E-state index in [4.69, 9.17) is 4.52 Å². The maximum atomic E-state index is 13.0. The van der Waals surface area contributed by atoms with Crippen LogP contribution >= 0.6 is 0 Å². The molecular weight excluding hydrogens is 380 g/mol. The first-order valence-corrected chi connectivity index (χ1v) is 9.99. The van der Waals surface area contributed by atoms with Gasteiger partial charge in [0.05, 0.1) is 11.6 Å². The summed E-state index contributed by atoms with van der Waals surface area (Å²) < 4.78 is 8.95. The van der Waals surface area contributed by atoms with E-state index in [9.17, 15) is 9.59 Å². The Hall–Kier alpha value is -3.61. The van der Waals surface area contributed by atoms with Gasteiger partial charge < -0.3 is 14.2 Å². The van der Waals surface area contributed by atoms with Gasteiger partial charge >= 0.3 is 0 Å². The van der Waals surface area contributed by atoms with Crippen LogP contribution in [0.4, 0.5) is 5.69 Å². The number of aryl methyl sites for hydroxylation is 4. The van der Waals surface area contributed by atoms with Crippen LogP contribution < -0.4 is 10.9 Å². The Bertz CT molecular complexity index is 1360. The van der Waals surface area contributed by atoms with E-state index in [1.807, 2.05) is 48.7 Å². The van der Waals surface area contributed by atoms with Crippen LogP contribution in [0.15, 0.2) is 51.9 Å². The molecule has 7 heteroatoms.